The summed E-state index contributed by atoms with van der Waals surface area (Å²) in [7, 11) is 0. The highest BCUT2D eigenvalue weighted by Crippen LogP contribution is 2.25. The van der Waals surface area contributed by atoms with Crippen LogP contribution in [0.4, 0.5) is 0 Å². The fourth-order valence-corrected chi connectivity index (χ4v) is 3.88. The van der Waals surface area contributed by atoms with E-state index in [0.717, 1.165) is 23.8 Å². The lowest BCUT2D eigenvalue weighted by Crippen LogP contribution is -2.34. The van der Waals surface area contributed by atoms with Crippen molar-refractivity contribution in [2.75, 3.05) is 19.6 Å². The van der Waals surface area contributed by atoms with E-state index in [9.17, 15) is 0 Å². The molecule has 1 aromatic heterocycles. The number of nitrogens with zero attached hydrogens (tertiary/aromatic N) is 3. The van der Waals surface area contributed by atoms with Gasteiger partial charge in [0.15, 0.2) is 0 Å². The third-order valence-corrected chi connectivity index (χ3v) is 5.41. The van der Waals surface area contributed by atoms with Crippen LogP contribution in [0.3, 0.4) is 0 Å². The number of hydrogen-bond donors (Lipinski definition) is 0. The molecule has 3 rings (SSSR count). The van der Waals surface area contributed by atoms with Gasteiger partial charge in [0, 0.05) is 10.1 Å². The number of likely N-dealkylation sites (tertiary alicyclic amines) is 1. The van der Waals surface area contributed by atoms with Gasteiger partial charge in [-0.25, -0.2) is 4.98 Å². The molecule has 0 unspecified atom stereocenters. The number of imidazole rings is 1. The second-order valence-electron chi connectivity index (χ2n) is 5.78. The van der Waals surface area contributed by atoms with Gasteiger partial charge in [-0.1, -0.05) is 6.92 Å². The van der Waals surface area contributed by atoms with Gasteiger partial charge in [-0.05, 0) is 79.2 Å². The minimum atomic E-state index is 0.485. The predicted molar refractivity (Wildman–Crippen MR) is 96.8 cm³/mol. The number of halogens is 2. The van der Waals surface area contributed by atoms with Crippen molar-refractivity contribution in [3.8, 4) is 0 Å². The number of alkyl halides is 1. The van der Waals surface area contributed by atoms with Crippen molar-refractivity contribution in [3.63, 3.8) is 0 Å². The summed E-state index contributed by atoms with van der Waals surface area (Å²) in [5, 5.41) is 0. The molecule has 2 aromatic rings. The molecule has 0 aliphatic carbocycles. The van der Waals surface area contributed by atoms with Crippen LogP contribution in [-0.2, 0) is 12.4 Å². The number of aromatic nitrogens is 2. The molecule has 0 bridgehead atoms. The smallest absolute Gasteiger partial charge is 0.124 e. The zero-order valence-corrected chi connectivity index (χ0v) is 15.3. The zero-order valence-electron chi connectivity index (χ0n) is 12.4. The molecule has 1 aliphatic rings. The fraction of sp³-hybridized carbons (Fsp3) is 0.562. The van der Waals surface area contributed by atoms with Crippen LogP contribution in [0.1, 0.15) is 25.6 Å². The average Bonchev–Trinajstić information content (AvgIpc) is 2.85. The van der Waals surface area contributed by atoms with Crippen LogP contribution in [0.15, 0.2) is 18.2 Å². The SMILES string of the molecule is CCN1CCC(Cn2c(CCl)nc3cc(I)ccc32)CC1. The highest BCUT2D eigenvalue weighted by molar-refractivity contribution is 14.1. The lowest BCUT2D eigenvalue weighted by atomic mass is 9.96. The van der Waals surface area contributed by atoms with Crippen molar-refractivity contribution in [3.05, 3.63) is 27.6 Å². The summed E-state index contributed by atoms with van der Waals surface area (Å²) in [6, 6.07) is 6.47. The third-order valence-electron chi connectivity index (χ3n) is 4.50. The Hall–Kier alpha value is -0.330. The Kier molecular flexibility index (Phi) is 5.07. The lowest BCUT2D eigenvalue weighted by Gasteiger charge is -2.31. The summed E-state index contributed by atoms with van der Waals surface area (Å²) >= 11 is 8.45. The highest BCUT2D eigenvalue weighted by atomic mass is 127. The first-order valence-electron chi connectivity index (χ1n) is 7.64. The zero-order chi connectivity index (χ0) is 14.8. The molecule has 0 spiro atoms. The van der Waals surface area contributed by atoms with Crippen LogP contribution in [0.2, 0.25) is 0 Å². The predicted octanol–water partition coefficient (Wildman–Crippen LogP) is 4.11. The summed E-state index contributed by atoms with van der Waals surface area (Å²) in [6.45, 7) is 6.92. The monoisotopic (exact) mass is 417 g/mol. The average molecular weight is 418 g/mol. The molecule has 114 valence electrons. The Labute approximate surface area is 144 Å². The van der Waals surface area contributed by atoms with E-state index in [0.29, 0.717) is 5.88 Å². The van der Waals surface area contributed by atoms with E-state index in [1.54, 1.807) is 0 Å². The standard InChI is InChI=1S/C16H21ClIN3/c1-2-20-7-5-12(6-8-20)11-21-15-4-3-13(18)9-14(15)19-16(21)10-17/h3-4,9,12H,2,5-8,10-11H2,1H3. The number of hydrogen-bond acceptors (Lipinski definition) is 2. The summed E-state index contributed by atoms with van der Waals surface area (Å²) in [5.74, 6) is 2.23. The van der Waals surface area contributed by atoms with Gasteiger partial charge in [0.25, 0.3) is 0 Å². The topological polar surface area (TPSA) is 21.1 Å². The Morgan fingerprint density at radius 1 is 1.33 bits per heavy atom. The van der Waals surface area contributed by atoms with Crippen LogP contribution in [0, 0.1) is 9.49 Å². The van der Waals surface area contributed by atoms with Gasteiger partial charge in [-0.2, -0.15) is 0 Å². The summed E-state index contributed by atoms with van der Waals surface area (Å²) < 4.78 is 3.56. The van der Waals surface area contributed by atoms with Gasteiger partial charge in [-0.3, -0.25) is 0 Å². The highest BCUT2D eigenvalue weighted by Gasteiger charge is 2.20. The van der Waals surface area contributed by atoms with Crippen molar-refractivity contribution in [1.29, 1.82) is 0 Å². The largest absolute Gasteiger partial charge is 0.327 e. The van der Waals surface area contributed by atoms with Crippen LogP contribution >= 0.6 is 34.2 Å². The van der Waals surface area contributed by atoms with Gasteiger partial charge in [0.05, 0.1) is 16.9 Å². The van der Waals surface area contributed by atoms with Crippen LogP contribution in [0.25, 0.3) is 11.0 Å². The molecule has 1 aromatic carbocycles. The minimum absolute atomic E-state index is 0.485. The van der Waals surface area contributed by atoms with Crippen molar-refractivity contribution in [2.45, 2.75) is 32.2 Å². The quantitative estimate of drug-likeness (QED) is 0.551. The Morgan fingerprint density at radius 3 is 2.76 bits per heavy atom. The van der Waals surface area contributed by atoms with E-state index in [1.807, 2.05) is 0 Å². The number of piperidine rings is 1. The fourth-order valence-electron chi connectivity index (χ4n) is 3.20. The van der Waals surface area contributed by atoms with E-state index < -0.39 is 0 Å². The van der Waals surface area contributed by atoms with E-state index in [1.165, 1.54) is 41.6 Å². The van der Waals surface area contributed by atoms with Crippen molar-refractivity contribution >= 4 is 45.2 Å². The normalized spacial score (nSPS) is 17.7. The molecule has 3 nitrogen and oxygen atoms in total. The van der Waals surface area contributed by atoms with Crippen molar-refractivity contribution in [2.24, 2.45) is 5.92 Å². The van der Waals surface area contributed by atoms with E-state index in [2.05, 4.69) is 57.2 Å². The molecule has 0 N–H and O–H groups in total. The third kappa shape index (κ3) is 3.37. The second-order valence-corrected chi connectivity index (χ2v) is 7.30. The second kappa shape index (κ2) is 6.84. The molecule has 0 saturated carbocycles. The molecule has 1 aliphatic heterocycles. The van der Waals surface area contributed by atoms with Gasteiger partial charge >= 0.3 is 0 Å². The summed E-state index contributed by atoms with van der Waals surface area (Å²) in [6.07, 6.45) is 2.55. The first-order chi connectivity index (χ1) is 10.2. The molecule has 0 amide bonds. The van der Waals surface area contributed by atoms with Crippen LogP contribution < -0.4 is 0 Å². The molecule has 5 heteroatoms. The molecular weight excluding hydrogens is 397 g/mol. The molecule has 0 atom stereocenters. The molecule has 2 heterocycles. The first kappa shape index (κ1) is 15.6. The summed E-state index contributed by atoms with van der Waals surface area (Å²) in [4.78, 5) is 7.24. The van der Waals surface area contributed by atoms with Gasteiger partial charge in [0.1, 0.15) is 5.82 Å². The maximum atomic E-state index is 6.11. The summed E-state index contributed by atoms with van der Waals surface area (Å²) in [5.41, 5.74) is 2.30. The van der Waals surface area contributed by atoms with Gasteiger partial charge in [0.2, 0.25) is 0 Å². The lowest BCUT2D eigenvalue weighted by molar-refractivity contribution is 0.181. The van der Waals surface area contributed by atoms with E-state index >= 15 is 0 Å². The number of fused-ring (bicyclic) bond motifs is 1. The molecule has 1 saturated heterocycles. The Bertz CT molecular complexity index is 617. The van der Waals surface area contributed by atoms with Gasteiger partial charge < -0.3 is 9.47 Å². The van der Waals surface area contributed by atoms with Crippen molar-refractivity contribution in [1.82, 2.24) is 14.5 Å². The van der Waals surface area contributed by atoms with E-state index in [-0.39, 0.29) is 0 Å². The number of rotatable bonds is 4. The maximum absolute atomic E-state index is 6.11. The Morgan fingerprint density at radius 2 is 2.10 bits per heavy atom. The molecule has 1 fully saturated rings. The molecule has 21 heavy (non-hydrogen) atoms. The van der Waals surface area contributed by atoms with Crippen LogP contribution in [-0.4, -0.2) is 34.1 Å². The molecular formula is C16H21ClIN3. The van der Waals surface area contributed by atoms with E-state index in [4.69, 9.17) is 16.6 Å². The number of benzene rings is 1. The molecule has 0 radical (unpaired) electrons. The Balaban J connectivity index is 1.83. The first-order valence-corrected chi connectivity index (χ1v) is 9.25. The van der Waals surface area contributed by atoms with Gasteiger partial charge in [-0.15, -0.1) is 11.6 Å². The minimum Gasteiger partial charge on any atom is -0.327 e. The maximum Gasteiger partial charge on any atom is 0.124 e. The van der Waals surface area contributed by atoms with Crippen molar-refractivity contribution < 1.29 is 0 Å². The van der Waals surface area contributed by atoms with Crippen LogP contribution in [0.5, 0.6) is 0 Å².